The Labute approximate surface area is 152 Å². The van der Waals surface area contributed by atoms with Crippen molar-refractivity contribution in [2.45, 2.75) is 24.8 Å². The number of ether oxygens (including phenoxy) is 1. The van der Waals surface area contributed by atoms with E-state index in [0.717, 1.165) is 6.07 Å². The van der Waals surface area contributed by atoms with Gasteiger partial charge in [-0.1, -0.05) is 0 Å². The molecular weight excluding hydrogens is 359 g/mol. The number of nitrogens with zero attached hydrogens (tertiary/aromatic N) is 1. The number of halogens is 1. The summed E-state index contributed by atoms with van der Waals surface area (Å²) in [4.78, 5) is 12.5. The predicted octanol–water partition coefficient (Wildman–Crippen LogP) is 3.12. The van der Waals surface area contributed by atoms with Gasteiger partial charge in [0.15, 0.2) is 0 Å². The van der Waals surface area contributed by atoms with Gasteiger partial charge in [-0.25, -0.2) is 12.8 Å². The molecule has 0 radical (unpaired) electrons. The van der Waals surface area contributed by atoms with Crippen molar-refractivity contribution in [2.24, 2.45) is 0 Å². The van der Waals surface area contributed by atoms with Crippen LogP contribution in [0.15, 0.2) is 47.4 Å². The molecule has 0 unspecified atom stereocenters. The first-order chi connectivity index (χ1) is 12.2. The highest BCUT2D eigenvalue weighted by atomic mass is 32.2. The summed E-state index contributed by atoms with van der Waals surface area (Å²) in [5, 5.41) is 2.61. The first-order valence-corrected chi connectivity index (χ1v) is 9.34. The van der Waals surface area contributed by atoms with Gasteiger partial charge in [0.25, 0.3) is 5.91 Å². The summed E-state index contributed by atoms with van der Waals surface area (Å²) in [6.07, 6.45) is 0. The summed E-state index contributed by atoms with van der Waals surface area (Å²) >= 11 is 0. The van der Waals surface area contributed by atoms with Crippen molar-refractivity contribution in [3.63, 3.8) is 0 Å². The van der Waals surface area contributed by atoms with Crippen LogP contribution in [0.2, 0.25) is 0 Å². The van der Waals surface area contributed by atoms with Crippen LogP contribution >= 0.6 is 0 Å². The summed E-state index contributed by atoms with van der Waals surface area (Å²) in [5.74, 6) is -0.754. The van der Waals surface area contributed by atoms with Gasteiger partial charge < -0.3 is 10.1 Å². The molecule has 0 spiro atoms. The second-order valence-corrected chi connectivity index (χ2v) is 7.94. The Hall–Kier alpha value is -2.45. The number of carbonyl (C=O) groups excluding carboxylic acids is 1. The van der Waals surface area contributed by atoms with Crippen LogP contribution in [-0.4, -0.2) is 38.8 Å². The Morgan fingerprint density at radius 3 is 2.31 bits per heavy atom. The third-order valence-corrected chi connectivity index (χ3v) is 5.98. The highest BCUT2D eigenvalue weighted by molar-refractivity contribution is 7.89. The summed E-state index contributed by atoms with van der Waals surface area (Å²) in [5.41, 5.74) is 0.581. The van der Waals surface area contributed by atoms with Gasteiger partial charge in [0, 0.05) is 24.7 Å². The van der Waals surface area contributed by atoms with E-state index in [2.05, 4.69) is 5.32 Å². The minimum Gasteiger partial charge on any atom is -0.494 e. The lowest BCUT2D eigenvalue weighted by Gasteiger charge is -2.21. The quantitative estimate of drug-likeness (QED) is 0.835. The Kier molecular flexibility index (Phi) is 5.99. The Bertz CT molecular complexity index is 896. The van der Waals surface area contributed by atoms with Crippen LogP contribution in [-0.2, 0) is 10.0 Å². The minimum atomic E-state index is -3.62. The SMILES string of the molecule is COc1cc(F)ccc1NC(=O)c1ccc(S(=O)(=O)N(C)C(C)C)cc1. The van der Waals surface area contributed by atoms with Crippen LogP contribution in [0.25, 0.3) is 0 Å². The lowest BCUT2D eigenvalue weighted by molar-refractivity contribution is 0.102. The first-order valence-electron chi connectivity index (χ1n) is 7.90. The summed E-state index contributed by atoms with van der Waals surface area (Å²) in [6.45, 7) is 3.55. The van der Waals surface area contributed by atoms with E-state index in [9.17, 15) is 17.6 Å². The zero-order chi connectivity index (χ0) is 19.5. The molecule has 0 bridgehead atoms. The summed E-state index contributed by atoms with van der Waals surface area (Å²) in [7, 11) is -0.743. The van der Waals surface area contributed by atoms with Crippen molar-refractivity contribution < 1.29 is 22.3 Å². The molecule has 0 aromatic heterocycles. The van der Waals surface area contributed by atoms with Crippen LogP contribution in [0.1, 0.15) is 24.2 Å². The smallest absolute Gasteiger partial charge is 0.255 e. The average molecular weight is 380 g/mol. The number of nitrogens with one attached hydrogen (secondary N) is 1. The molecule has 0 saturated carbocycles. The van der Waals surface area contributed by atoms with Crippen molar-refractivity contribution in [1.29, 1.82) is 0 Å². The van der Waals surface area contributed by atoms with Gasteiger partial charge in [-0.3, -0.25) is 4.79 Å². The molecule has 26 heavy (non-hydrogen) atoms. The molecule has 1 N–H and O–H groups in total. The topological polar surface area (TPSA) is 75.7 Å². The zero-order valence-electron chi connectivity index (χ0n) is 15.0. The highest BCUT2D eigenvalue weighted by Gasteiger charge is 2.23. The third-order valence-electron chi connectivity index (χ3n) is 3.93. The largest absolute Gasteiger partial charge is 0.494 e. The van der Waals surface area contributed by atoms with Gasteiger partial charge in [0.05, 0.1) is 17.7 Å². The van der Waals surface area contributed by atoms with Crippen molar-refractivity contribution in [2.75, 3.05) is 19.5 Å². The maximum Gasteiger partial charge on any atom is 0.255 e. The number of benzene rings is 2. The fourth-order valence-corrected chi connectivity index (χ4v) is 3.55. The molecule has 0 aliphatic rings. The summed E-state index contributed by atoms with van der Waals surface area (Å²) in [6, 6.07) is 9.17. The van der Waals surface area contributed by atoms with E-state index in [1.807, 2.05) is 0 Å². The number of sulfonamides is 1. The molecule has 0 heterocycles. The molecule has 140 valence electrons. The number of rotatable bonds is 6. The molecule has 1 amide bonds. The molecule has 0 atom stereocenters. The predicted molar refractivity (Wildman–Crippen MR) is 97.4 cm³/mol. The van der Waals surface area contributed by atoms with Gasteiger partial charge >= 0.3 is 0 Å². The zero-order valence-corrected chi connectivity index (χ0v) is 15.8. The van der Waals surface area contributed by atoms with Gasteiger partial charge in [-0.2, -0.15) is 4.31 Å². The van der Waals surface area contributed by atoms with E-state index in [1.165, 1.54) is 54.9 Å². The number of carbonyl (C=O) groups is 1. The van der Waals surface area contributed by atoms with E-state index < -0.39 is 21.7 Å². The Morgan fingerprint density at radius 2 is 1.77 bits per heavy atom. The van der Waals surface area contributed by atoms with E-state index >= 15 is 0 Å². The Morgan fingerprint density at radius 1 is 1.15 bits per heavy atom. The average Bonchev–Trinajstić information content (AvgIpc) is 2.62. The van der Waals surface area contributed by atoms with Crippen LogP contribution in [0.3, 0.4) is 0 Å². The van der Waals surface area contributed by atoms with Crippen molar-refractivity contribution in [1.82, 2.24) is 4.31 Å². The lowest BCUT2D eigenvalue weighted by atomic mass is 10.2. The van der Waals surface area contributed by atoms with E-state index in [0.29, 0.717) is 5.69 Å². The number of hydrogen-bond acceptors (Lipinski definition) is 4. The number of amides is 1. The molecule has 8 heteroatoms. The summed E-state index contributed by atoms with van der Waals surface area (Å²) < 4.78 is 44.4. The fraction of sp³-hybridized carbons (Fsp3) is 0.278. The molecule has 0 saturated heterocycles. The maximum atomic E-state index is 13.2. The number of hydrogen-bond donors (Lipinski definition) is 1. The van der Waals surface area contributed by atoms with Crippen LogP contribution in [0.4, 0.5) is 10.1 Å². The normalized spacial score (nSPS) is 11.7. The first kappa shape index (κ1) is 19.9. The second-order valence-electron chi connectivity index (χ2n) is 5.94. The van der Waals surface area contributed by atoms with Crippen molar-refractivity contribution >= 4 is 21.6 Å². The fourth-order valence-electron chi connectivity index (χ4n) is 2.18. The van der Waals surface area contributed by atoms with Crippen LogP contribution in [0.5, 0.6) is 5.75 Å². The van der Waals surface area contributed by atoms with E-state index in [1.54, 1.807) is 13.8 Å². The lowest BCUT2D eigenvalue weighted by Crippen LogP contribution is -2.33. The third kappa shape index (κ3) is 4.20. The van der Waals surface area contributed by atoms with E-state index in [4.69, 9.17) is 4.74 Å². The second kappa shape index (κ2) is 7.84. The van der Waals surface area contributed by atoms with Gasteiger partial charge in [0.2, 0.25) is 10.0 Å². The van der Waals surface area contributed by atoms with Crippen LogP contribution < -0.4 is 10.1 Å². The maximum absolute atomic E-state index is 13.2. The van der Waals surface area contributed by atoms with Gasteiger partial charge in [-0.15, -0.1) is 0 Å². The molecule has 0 aliphatic heterocycles. The number of methoxy groups -OCH3 is 1. The molecule has 0 fully saturated rings. The molecule has 2 rings (SSSR count). The van der Waals surface area contributed by atoms with Crippen molar-refractivity contribution in [3.05, 3.63) is 53.8 Å². The van der Waals surface area contributed by atoms with Crippen molar-refractivity contribution in [3.8, 4) is 5.75 Å². The minimum absolute atomic E-state index is 0.101. The number of anilines is 1. The van der Waals surface area contributed by atoms with Crippen LogP contribution in [0, 0.1) is 5.82 Å². The van der Waals surface area contributed by atoms with Gasteiger partial charge in [0.1, 0.15) is 11.6 Å². The molecule has 2 aromatic carbocycles. The molecule has 2 aromatic rings. The molecule has 6 nitrogen and oxygen atoms in total. The van der Waals surface area contributed by atoms with Gasteiger partial charge in [-0.05, 0) is 50.2 Å². The standard InChI is InChI=1S/C18H21FN2O4S/c1-12(2)21(3)26(23,24)15-8-5-13(6-9-15)18(22)20-16-10-7-14(19)11-17(16)25-4/h5-12H,1-4H3,(H,20,22). The highest BCUT2D eigenvalue weighted by Crippen LogP contribution is 2.25. The molecule has 0 aliphatic carbocycles. The van der Waals surface area contributed by atoms with E-state index in [-0.39, 0.29) is 22.3 Å². The Balaban J connectivity index is 2.22. The monoisotopic (exact) mass is 380 g/mol. The molecular formula is C18H21FN2O4S.